The first kappa shape index (κ1) is 13.1. The quantitative estimate of drug-likeness (QED) is 0.869. The van der Waals surface area contributed by atoms with E-state index in [1.165, 1.54) is 12.1 Å². The molecule has 0 saturated carbocycles. The summed E-state index contributed by atoms with van der Waals surface area (Å²) < 4.78 is 39.5. The number of hydrogen-bond acceptors (Lipinski definition) is 3. The highest BCUT2D eigenvalue weighted by Gasteiger charge is 2.32. The first-order valence-electron chi connectivity index (χ1n) is 4.34. The minimum Gasteiger partial charge on any atom is -0.404 e. The Balaban J connectivity index is 2.92. The fourth-order valence-electron chi connectivity index (χ4n) is 1.09. The topological polar surface area (TPSA) is 61.3 Å². The van der Waals surface area contributed by atoms with E-state index in [-0.39, 0.29) is 11.6 Å². The Hall–Kier alpha value is -0.980. The molecule has 0 aromatic heterocycles. The molecule has 0 aliphatic heterocycles. The summed E-state index contributed by atoms with van der Waals surface area (Å²) >= 11 is 5.62. The van der Waals surface area contributed by atoms with Crippen LogP contribution in [-0.4, -0.2) is 12.9 Å². The van der Waals surface area contributed by atoms with Crippen molar-refractivity contribution < 1.29 is 17.9 Å². The average molecular weight is 255 g/mol. The van der Waals surface area contributed by atoms with Crippen LogP contribution < -0.4 is 16.2 Å². The molecule has 1 unspecified atom stereocenters. The predicted octanol–water partition coefficient (Wildman–Crippen LogP) is 2.20. The standard InChI is InChI=1S/C9H10ClF3N2O/c10-6-3-5(7(15)4-14)1-2-8(6)16-9(11,12)13/h1-3,7H,4,14-15H2. The van der Waals surface area contributed by atoms with Gasteiger partial charge >= 0.3 is 6.36 Å². The first-order valence-corrected chi connectivity index (χ1v) is 4.72. The molecule has 0 saturated heterocycles. The minimum atomic E-state index is -4.76. The van der Waals surface area contributed by atoms with Gasteiger partial charge in [0, 0.05) is 12.6 Å². The van der Waals surface area contributed by atoms with E-state index in [1.54, 1.807) is 0 Å². The Kier molecular flexibility index (Phi) is 4.01. The van der Waals surface area contributed by atoms with Crippen molar-refractivity contribution in [3.63, 3.8) is 0 Å². The van der Waals surface area contributed by atoms with Crippen LogP contribution in [-0.2, 0) is 0 Å². The average Bonchev–Trinajstić information content (AvgIpc) is 2.18. The van der Waals surface area contributed by atoms with Crippen LogP contribution >= 0.6 is 11.6 Å². The lowest BCUT2D eigenvalue weighted by atomic mass is 10.1. The van der Waals surface area contributed by atoms with Crippen molar-refractivity contribution in [2.24, 2.45) is 11.5 Å². The van der Waals surface area contributed by atoms with Gasteiger partial charge in [0.05, 0.1) is 5.02 Å². The van der Waals surface area contributed by atoms with Crippen LogP contribution in [0.4, 0.5) is 13.2 Å². The van der Waals surface area contributed by atoms with Crippen LogP contribution in [0, 0.1) is 0 Å². The molecule has 1 aromatic carbocycles. The normalized spacial score (nSPS) is 13.6. The summed E-state index contributed by atoms with van der Waals surface area (Å²) in [5, 5.41) is -0.154. The van der Waals surface area contributed by atoms with Crippen molar-refractivity contribution in [3.8, 4) is 5.75 Å². The summed E-state index contributed by atoms with van der Waals surface area (Å²) in [7, 11) is 0. The molecule has 0 heterocycles. The van der Waals surface area contributed by atoms with Crippen LogP contribution in [0.25, 0.3) is 0 Å². The lowest BCUT2D eigenvalue weighted by Gasteiger charge is -2.13. The fraction of sp³-hybridized carbons (Fsp3) is 0.333. The zero-order valence-electron chi connectivity index (χ0n) is 8.09. The summed E-state index contributed by atoms with van der Waals surface area (Å²) in [4.78, 5) is 0. The molecule has 0 radical (unpaired) electrons. The number of rotatable bonds is 3. The van der Waals surface area contributed by atoms with E-state index in [0.29, 0.717) is 5.56 Å². The van der Waals surface area contributed by atoms with Crippen LogP contribution in [0.2, 0.25) is 5.02 Å². The molecule has 1 rings (SSSR count). The molecular weight excluding hydrogens is 245 g/mol. The first-order chi connectivity index (χ1) is 7.33. The van der Waals surface area contributed by atoms with Crippen molar-refractivity contribution >= 4 is 11.6 Å². The molecule has 0 fully saturated rings. The van der Waals surface area contributed by atoms with Crippen LogP contribution in [0.3, 0.4) is 0 Å². The predicted molar refractivity (Wildman–Crippen MR) is 54.1 cm³/mol. The Morgan fingerprint density at radius 1 is 1.38 bits per heavy atom. The SMILES string of the molecule is NCC(N)c1ccc(OC(F)(F)F)c(Cl)c1. The highest BCUT2D eigenvalue weighted by Crippen LogP contribution is 2.31. The van der Waals surface area contributed by atoms with Crippen molar-refractivity contribution in [1.82, 2.24) is 0 Å². The molecule has 1 atom stereocenters. The third-order valence-electron chi connectivity index (χ3n) is 1.86. The Morgan fingerprint density at radius 3 is 2.44 bits per heavy atom. The van der Waals surface area contributed by atoms with E-state index in [4.69, 9.17) is 23.1 Å². The van der Waals surface area contributed by atoms with Gasteiger partial charge in [-0.25, -0.2) is 0 Å². The van der Waals surface area contributed by atoms with Gasteiger partial charge in [-0.1, -0.05) is 17.7 Å². The highest BCUT2D eigenvalue weighted by molar-refractivity contribution is 6.32. The lowest BCUT2D eigenvalue weighted by Crippen LogP contribution is -2.21. The molecule has 7 heteroatoms. The van der Waals surface area contributed by atoms with Crippen molar-refractivity contribution in [3.05, 3.63) is 28.8 Å². The van der Waals surface area contributed by atoms with Gasteiger partial charge in [-0.15, -0.1) is 13.2 Å². The van der Waals surface area contributed by atoms with Gasteiger partial charge in [0.25, 0.3) is 0 Å². The molecule has 0 amide bonds. The molecule has 0 aliphatic rings. The van der Waals surface area contributed by atoms with Crippen LogP contribution in [0.1, 0.15) is 11.6 Å². The summed E-state index contributed by atoms with van der Waals surface area (Å²) in [5.41, 5.74) is 11.5. The maximum Gasteiger partial charge on any atom is 0.573 e. The highest BCUT2D eigenvalue weighted by atomic mass is 35.5. The number of hydrogen-bond donors (Lipinski definition) is 2. The molecule has 1 aromatic rings. The smallest absolute Gasteiger partial charge is 0.404 e. The van der Waals surface area contributed by atoms with Crippen molar-refractivity contribution in [2.45, 2.75) is 12.4 Å². The molecule has 0 bridgehead atoms. The molecule has 16 heavy (non-hydrogen) atoms. The van der Waals surface area contributed by atoms with Gasteiger partial charge in [-0.3, -0.25) is 0 Å². The Bertz CT molecular complexity index is 370. The number of nitrogens with two attached hydrogens (primary N) is 2. The lowest BCUT2D eigenvalue weighted by molar-refractivity contribution is -0.274. The van der Waals surface area contributed by atoms with Gasteiger partial charge < -0.3 is 16.2 Å². The molecule has 90 valence electrons. The maximum atomic E-state index is 11.9. The molecule has 3 nitrogen and oxygen atoms in total. The Morgan fingerprint density at radius 2 is 2.00 bits per heavy atom. The van der Waals surface area contributed by atoms with E-state index in [0.717, 1.165) is 6.07 Å². The van der Waals surface area contributed by atoms with Crippen molar-refractivity contribution in [1.29, 1.82) is 0 Å². The summed E-state index contributed by atoms with van der Waals surface area (Å²) in [5.74, 6) is -0.456. The molecular formula is C9H10ClF3N2O. The van der Waals surface area contributed by atoms with Crippen LogP contribution in [0.5, 0.6) is 5.75 Å². The third kappa shape index (κ3) is 3.55. The molecule has 0 spiro atoms. The molecule has 0 aliphatic carbocycles. The summed E-state index contributed by atoms with van der Waals surface area (Å²) in [6.45, 7) is 0.176. The fourth-order valence-corrected chi connectivity index (χ4v) is 1.32. The number of alkyl halides is 3. The van der Waals surface area contributed by atoms with Gasteiger partial charge in [0.15, 0.2) is 0 Å². The second-order valence-corrected chi connectivity index (χ2v) is 3.49. The number of ether oxygens (including phenoxy) is 1. The zero-order valence-corrected chi connectivity index (χ0v) is 8.85. The van der Waals surface area contributed by atoms with Gasteiger partial charge in [0.1, 0.15) is 5.75 Å². The van der Waals surface area contributed by atoms with Gasteiger partial charge in [0.2, 0.25) is 0 Å². The largest absolute Gasteiger partial charge is 0.573 e. The molecule has 4 N–H and O–H groups in total. The third-order valence-corrected chi connectivity index (χ3v) is 2.16. The van der Waals surface area contributed by atoms with E-state index < -0.39 is 18.2 Å². The number of halogens is 4. The number of benzene rings is 1. The Labute approximate surface area is 95.1 Å². The van der Waals surface area contributed by atoms with Crippen LogP contribution in [0.15, 0.2) is 18.2 Å². The van der Waals surface area contributed by atoms with E-state index in [9.17, 15) is 13.2 Å². The maximum absolute atomic E-state index is 11.9. The summed E-state index contributed by atoms with van der Waals surface area (Å²) in [6, 6.07) is 3.35. The monoisotopic (exact) mass is 254 g/mol. The second-order valence-electron chi connectivity index (χ2n) is 3.08. The van der Waals surface area contributed by atoms with E-state index in [1.807, 2.05) is 0 Å². The van der Waals surface area contributed by atoms with Gasteiger partial charge in [-0.2, -0.15) is 0 Å². The van der Waals surface area contributed by atoms with E-state index in [2.05, 4.69) is 4.74 Å². The van der Waals surface area contributed by atoms with Crippen molar-refractivity contribution in [2.75, 3.05) is 6.54 Å². The van der Waals surface area contributed by atoms with Gasteiger partial charge in [-0.05, 0) is 17.7 Å². The zero-order chi connectivity index (χ0) is 12.3. The van der Waals surface area contributed by atoms with E-state index >= 15 is 0 Å². The minimum absolute atomic E-state index is 0.154. The summed E-state index contributed by atoms with van der Waals surface area (Å²) in [6.07, 6.45) is -4.76. The second kappa shape index (κ2) is 4.90.